The highest BCUT2D eigenvalue weighted by molar-refractivity contribution is 6.05. The van der Waals surface area contributed by atoms with Gasteiger partial charge in [-0.3, -0.25) is 4.98 Å². The minimum atomic E-state index is -0.211. The minimum Gasteiger partial charge on any atom is -0.255 e. The van der Waals surface area contributed by atoms with Crippen molar-refractivity contribution >= 4 is 21.7 Å². The number of fused-ring (bicyclic) bond motifs is 3. The van der Waals surface area contributed by atoms with Crippen molar-refractivity contribution < 1.29 is 4.39 Å². The molecule has 0 unspecified atom stereocenters. The largest absolute Gasteiger partial charge is 0.255 e. The van der Waals surface area contributed by atoms with Gasteiger partial charge in [-0.05, 0) is 17.5 Å². The molecule has 15 heavy (non-hydrogen) atoms. The van der Waals surface area contributed by atoms with Gasteiger partial charge >= 0.3 is 0 Å². The second kappa shape index (κ2) is 3.02. The molecule has 0 saturated heterocycles. The van der Waals surface area contributed by atoms with E-state index in [4.69, 9.17) is 0 Å². The number of benzene rings is 2. The SMILES string of the molecule is Fc1cccc2ccc3cccnc3c12. The van der Waals surface area contributed by atoms with Gasteiger partial charge in [0.2, 0.25) is 0 Å². The van der Waals surface area contributed by atoms with Gasteiger partial charge in [0.15, 0.2) is 0 Å². The molecule has 0 aliphatic heterocycles. The Labute approximate surface area is 86.2 Å². The average molecular weight is 197 g/mol. The minimum absolute atomic E-state index is 0.211. The highest BCUT2D eigenvalue weighted by Gasteiger charge is 2.05. The highest BCUT2D eigenvalue weighted by atomic mass is 19.1. The molecule has 0 spiro atoms. The Hall–Kier alpha value is -1.96. The fraction of sp³-hybridized carbons (Fsp3) is 0. The third-order valence-electron chi connectivity index (χ3n) is 2.56. The number of hydrogen-bond donors (Lipinski definition) is 0. The first-order valence-corrected chi connectivity index (χ1v) is 4.78. The third kappa shape index (κ3) is 1.18. The van der Waals surface area contributed by atoms with Crippen LogP contribution >= 0.6 is 0 Å². The Bertz CT molecular complexity index is 646. The summed E-state index contributed by atoms with van der Waals surface area (Å²) in [6.45, 7) is 0. The van der Waals surface area contributed by atoms with Gasteiger partial charge in [-0.2, -0.15) is 0 Å². The summed E-state index contributed by atoms with van der Waals surface area (Å²) in [6.07, 6.45) is 1.69. The Morgan fingerprint density at radius 2 is 1.67 bits per heavy atom. The fourth-order valence-corrected chi connectivity index (χ4v) is 1.87. The van der Waals surface area contributed by atoms with Crippen LogP contribution in [-0.2, 0) is 0 Å². The Morgan fingerprint density at radius 3 is 2.60 bits per heavy atom. The van der Waals surface area contributed by atoms with E-state index in [1.807, 2.05) is 30.3 Å². The topological polar surface area (TPSA) is 12.9 Å². The molecule has 0 amide bonds. The van der Waals surface area contributed by atoms with E-state index in [-0.39, 0.29) is 5.82 Å². The van der Waals surface area contributed by atoms with Crippen LogP contribution < -0.4 is 0 Å². The van der Waals surface area contributed by atoms with Gasteiger partial charge in [0.25, 0.3) is 0 Å². The summed E-state index contributed by atoms with van der Waals surface area (Å²) in [5, 5.41) is 2.46. The van der Waals surface area contributed by atoms with Crippen LogP contribution in [0, 0.1) is 5.82 Å². The van der Waals surface area contributed by atoms with E-state index in [9.17, 15) is 4.39 Å². The molecule has 0 aliphatic rings. The molecule has 3 aromatic rings. The Balaban J connectivity index is 2.64. The van der Waals surface area contributed by atoms with Crippen molar-refractivity contribution in [1.29, 1.82) is 0 Å². The van der Waals surface area contributed by atoms with Gasteiger partial charge in [-0.15, -0.1) is 0 Å². The lowest BCUT2D eigenvalue weighted by Gasteiger charge is -2.03. The van der Waals surface area contributed by atoms with Gasteiger partial charge in [-0.25, -0.2) is 4.39 Å². The van der Waals surface area contributed by atoms with E-state index in [0.29, 0.717) is 5.39 Å². The predicted molar refractivity (Wildman–Crippen MR) is 59.2 cm³/mol. The van der Waals surface area contributed by atoms with Crippen LogP contribution in [0.15, 0.2) is 48.7 Å². The summed E-state index contributed by atoms with van der Waals surface area (Å²) < 4.78 is 13.7. The van der Waals surface area contributed by atoms with Crippen LogP contribution in [0.1, 0.15) is 0 Å². The maximum Gasteiger partial charge on any atom is 0.133 e. The van der Waals surface area contributed by atoms with E-state index >= 15 is 0 Å². The number of rotatable bonds is 0. The number of pyridine rings is 1. The molecule has 3 rings (SSSR count). The quantitative estimate of drug-likeness (QED) is 0.502. The molecule has 1 heterocycles. The first-order chi connectivity index (χ1) is 7.36. The lowest BCUT2D eigenvalue weighted by molar-refractivity contribution is 0.640. The summed E-state index contributed by atoms with van der Waals surface area (Å²) >= 11 is 0. The van der Waals surface area contributed by atoms with Crippen LogP contribution in [0.4, 0.5) is 4.39 Å². The Morgan fingerprint density at radius 1 is 0.867 bits per heavy atom. The summed E-state index contributed by atoms with van der Waals surface area (Å²) in [5.74, 6) is -0.211. The lowest BCUT2D eigenvalue weighted by atomic mass is 10.1. The molecular formula is C13H8FN. The summed E-state index contributed by atoms with van der Waals surface area (Å²) in [5.41, 5.74) is 0.730. The number of halogens is 1. The molecule has 0 radical (unpaired) electrons. The smallest absolute Gasteiger partial charge is 0.133 e. The maximum atomic E-state index is 13.7. The standard InChI is InChI=1S/C13H8FN/c14-11-5-1-3-9-6-7-10-4-2-8-15-13(10)12(9)11/h1-8H. The van der Waals surface area contributed by atoms with Gasteiger partial charge in [0.1, 0.15) is 5.82 Å². The van der Waals surface area contributed by atoms with Crippen molar-refractivity contribution in [3.63, 3.8) is 0 Å². The summed E-state index contributed by atoms with van der Waals surface area (Å²) in [4.78, 5) is 4.23. The Kier molecular flexibility index (Phi) is 1.68. The van der Waals surface area contributed by atoms with E-state index < -0.39 is 0 Å². The fourth-order valence-electron chi connectivity index (χ4n) is 1.87. The molecule has 0 atom stereocenters. The van der Waals surface area contributed by atoms with E-state index in [2.05, 4.69) is 4.98 Å². The second-order valence-corrected chi connectivity index (χ2v) is 3.48. The molecular weight excluding hydrogens is 189 g/mol. The van der Waals surface area contributed by atoms with Gasteiger partial charge in [0.05, 0.1) is 5.52 Å². The summed E-state index contributed by atoms with van der Waals surface area (Å²) in [6, 6.07) is 12.8. The van der Waals surface area contributed by atoms with E-state index in [1.165, 1.54) is 6.07 Å². The van der Waals surface area contributed by atoms with Gasteiger partial charge in [-0.1, -0.05) is 30.3 Å². The van der Waals surface area contributed by atoms with Gasteiger partial charge in [0, 0.05) is 17.0 Å². The number of nitrogens with zero attached hydrogens (tertiary/aromatic N) is 1. The number of hydrogen-bond acceptors (Lipinski definition) is 1. The first kappa shape index (κ1) is 8.36. The molecule has 2 heteroatoms. The van der Waals surface area contributed by atoms with Gasteiger partial charge < -0.3 is 0 Å². The normalized spacial score (nSPS) is 11.0. The summed E-state index contributed by atoms with van der Waals surface area (Å²) in [7, 11) is 0. The molecule has 1 nitrogen and oxygen atoms in total. The van der Waals surface area contributed by atoms with Crippen LogP contribution in [0.25, 0.3) is 21.7 Å². The molecule has 1 aromatic heterocycles. The first-order valence-electron chi connectivity index (χ1n) is 4.78. The van der Waals surface area contributed by atoms with Crippen LogP contribution in [0.2, 0.25) is 0 Å². The molecule has 0 saturated carbocycles. The second-order valence-electron chi connectivity index (χ2n) is 3.48. The third-order valence-corrected chi connectivity index (χ3v) is 2.56. The van der Waals surface area contributed by atoms with Crippen molar-refractivity contribution in [2.75, 3.05) is 0 Å². The maximum absolute atomic E-state index is 13.7. The van der Waals surface area contributed by atoms with E-state index in [1.54, 1.807) is 12.3 Å². The van der Waals surface area contributed by atoms with E-state index in [0.717, 1.165) is 16.3 Å². The monoisotopic (exact) mass is 197 g/mol. The van der Waals surface area contributed by atoms with Crippen molar-refractivity contribution in [2.24, 2.45) is 0 Å². The van der Waals surface area contributed by atoms with Crippen molar-refractivity contribution in [1.82, 2.24) is 4.98 Å². The zero-order chi connectivity index (χ0) is 10.3. The molecule has 0 bridgehead atoms. The van der Waals surface area contributed by atoms with Crippen molar-refractivity contribution in [3.8, 4) is 0 Å². The number of aromatic nitrogens is 1. The van der Waals surface area contributed by atoms with Crippen LogP contribution in [0.5, 0.6) is 0 Å². The zero-order valence-corrected chi connectivity index (χ0v) is 7.94. The van der Waals surface area contributed by atoms with Crippen molar-refractivity contribution in [3.05, 3.63) is 54.5 Å². The molecule has 0 aliphatic carbocycles. The predicted octanol–water partition coefficient (Wildman–Crippen LogP) is 3.53. The average Bonchev–Trinajstić information content (AvgIpc) is 2.29. The van der Waals surface area contributed by atoms with Crippen LogP contribution in [-0.4, -0.2) is 4.98 Å². The molecule has 2 aromatic carbocycles. The van der Waals surface area contributed by atoms with Crippen molar-refractivity contribution in [2.45, 2.75) is 0 Å². The molecule has 0 fully saturated rings. The molecule has 72 valence electrons. The lowest BCUT2D eigenvalue weighted by Crippen LogP contribution is -1.84. The van der Waals surface area contributed by atoms with Crippen LogP contribution in [0.3, 0.4) is 0 Å². The zero-order valence-electron chi connectivity index (χ0n) is 7.94. The highest BCUT2D eigenvalue weighted by Crippen LogP contribution is 2.25. The molecule has 0 N–H and O–H groups in total.